The van der Waals surface area contributed by atoms with Crippen LogP contribution in [0.15, 0.2) is 57.1 Å². The second-order valence-electron chi connectivity index (χ2n) is 5.04. The van der Waals surface area contributed by atoms with Crippen molar-refractivity contribution in [3.8, 4) is 5.75 Å². The van der Waals surface area contributed by atoms with Crippen LogP contribution in [0.5, 0.6) is 5.75 Å². The molecule has 0 unspecified atom stereocenters. The van der Waals surface area contributed by atoms with E-state index in [4.69, 9.17) is 9.15 Å². The van der Waals surface area contributed by atoms with Crippen molar-refractivity contribution in [1.29, 1.82) is 0 Å². The van der Waals surface area contributed by atoms with Gasteiger partial charge >= 0.3 is 0 Å². The summed E-state index contributed by atoms with van der Waals surface area (Å²) in [4.78, 5) is 0. The fourth-order valence-electron chi connectivity index (χ4n) is 2.07. The van der Waals surface area contributed by atoms with Gasteiger partial charge in [0.05, 0.1) is 6.21 Å². The zero-order valence-electron chi connectivity index (χ0n) is 13.9. The van der Waals surface area contributed by atoms with Crippen molar-refractivity contribution in [2.75, 3.05) is 5.75 Å². The third-order valence-corrected chi connectivity index (χ3v) is 4.01. The fraction of sp³-hybridized carbons (Fsp3) is 0.235. The summed E-state index contributed by atoms with van der Waals surface area (Å²) in [5.74, 6) is 1.90. The smallest absolute Gasteiger partial charge is 0.299 e. The van der Waals surface area contributed by atoms with E-state index in [1.807, 2.05) is 37.3 Å². The maximum Gasteiger partial charge on any atom is 0.299 e. The van der Waals surface area contributed by atoms with Gasteiger partial charge in [-0.1, -0.05) is 36.9 Å². The molecule has 136 valence electrons. The van der Waals surface area contributed by atoms with Gasteiger partial charge in [-0.3, -0.25) is 0 Å². The van der Waals surface area contributed by atoms with Crippen LogP contribution in [0.1, 0.15) is 30.7 Å². The summed E-state index contributed by atoms with van der Waals surface area (Å²) in [6.07, 6.45) is -1.42. The van der Waals surface area contributed by atoms with Gasteiger partial charge < -0.3 is 9.15 Å². The highest BCUT2D eigenvalue weighted by Crippen LogP contribution is 2.23. The molecule has 0 aliphatic heterocycles. The standard InChI is InChI=1S/C17H16F2N4O2S/c1-2-26-17-22-21-16(15(18)19)23(17)20-10-13-8-9-14(25-13)11-24-12-6-4-3-5-7-12/h3-10,15H,2,11H2,1H3/b20-10-. The number of ether oxygens (including phenoxy) is 1. The number of nitrogens with zero attached hydrogens (tertiary/aromatic N) is 4. The summed E-state index contributed by atoms with van der Waals surface area (Å²) in [5, 5.41) is 11.6. The molecular formula is C17H16F2N4O2S. The minimum atomic E-state index is -2.77. The maximum atomic E-state index is 13.0. The van der Waals surface area contributed by atoms with Crippen molar-refractivity contribution in [2.45, 2.75) is 25.1 Å². The minimum Gasteiger partial charge on any atom is -0.486 e. The molecule has 0 atom stereocenters. The number of hydrogen-bond donors (Lipinski definition) is 0. The van der Waals surface area contributed by atoms with E-state index in [0.29, 0.717) is 22.4 Å². The van der Waals surface area contributed by atoms with Crippen molar-refractivity contribution in [2.24, 2.45) is 5.10 Å². The highest BCUT2D eigenvalue weighted by atomic mass is 32.2. The van der Waals surface area contributed by atoms with Crippen LogP contribution in [0.25, 0.3) is 0 Å². The summed E-state index contributed by atoms with van der Waals surface area (Å²) in [5.41, 5.74) is 0. The van der Waals surface area contributed by atoms with E-state index >= 15 is 0 Å². The molecule has 0 N–H and O–H groups in total. The van der Waals surface area contributed by atoms with Gasteiger partial charge in [-0.2, -0.15) is 9.78 Å². The number of para-hydroxylation sites is 1. The van der Waals surface area contributed by atoms with E-state index in [9.17, 15) is 8.78 Å². The lowest BCUT2D eigenvalue weighted by atomic mass is 10.3. The average Bonchev–Trinajstić information content (AvgIpc) is 3.26. The number of alkyl halides is 2. The number of furan rings is 1. The summed E-state index contributed by atoms with van der Waals surface area (Å²) in [7, 11) is 0. The van der Waals surface area contributed by atoms with Gasteiger partial charge in [0.1, 0.15) is 23.9 Å². The Morgan fingerprint density at radius 2 is 2.04 bits per heavy atom. The van der Waals surface area contributed by atoms with Gasteiger partial charge in [-0.15, -0.1) is 10.2 Å². The molecule has 0 aliphatic rings. The zero-order chi connectivity index (χ0) is 18.4. The van der Waals surface area contributed by atoms with Crippen molar-refractivity contribution < 1.29 is 17.9 Å². The quantitative estimate of drug-likeness (QED) is 0.430. The van der Waals surface area contributed by atoms with Gasteiger partial charge in [0.2, 0.25) is 11.0 Å². The number of hydrogen-bond acceptors (Lipinski definition) is 6. The molecule has 0 amide bonds. The third kappa shape index (κ3) is 4.48. The summed E-state index contributed by atoms with van der Waals surface area (Å²) >= 11 is 1.28. The first-order valence-electron chi connectivity index (χ1n) is 7.84. The molecule has 0 spiro atoms. The predicted octanol–water partition coefficient (Wildman–Crippen LogP) is 4.38. The van der Waals surface area contributed by atoms with Crippen LogP contribution in [-0.4, -0.2) is 26.8 Å². The van der Waals surface area contributed by atoms with Gasteiger partial charge in [0.25, 0.3) is 6.43 Å². The molecule has 3 rings (SSSR count). The normalized spacial score (nSPS) is 11.5. The molecule has 26 heavy (non-hydrogen) atoms. The van der Waals surface area contributed by atoms with E-state index in [-0.39, 0.29) is 6.61 Å². The molecule has 2 aromatic heterocycles. The molecule has 0 saturated carbocycles. The van der Waals surface area contributed by atoms with Crippen LogP contribution in [0, 0.1) is 0 Å². The lowest BCUT2D eigenvalue weighted by Crippen LogP contribution is -2.00. The second-order valence-corrected chi connectivity index (χ2v) is 6.27. The maximum absolute atomic E-state index is 13.0. The third-order valence-electron chi connectivity index (χ3n) is 3.21. The van der Waals surface area contributed by atoms with Crippen molar-refractivity contribution in [3.05, 3.63) is 59.8 Å². The Hall–Kier alpha value is -2.68. The first-order chi connectivity index (χ1) is 12.7. The number of aromatic nitrogens is 3. The number of rotatable bonds is 8. The molecule has 9 heteroatoms. The predicted molar refractivity (Wildman–Crippen MR) is 93.9 cm³/mol. The van der Waals surface area contributed by atoms with Gasteiger partial charge in [0, 0.05) is 0 Å². The highest BCUT2D eigenvalue weighted by molar-refractivity contribution is 7.99. The fourth-order valence-corrected chi connectivity index (χ4v) is 2.69. The van der Waals surface area contributed by atoms with E-state index in [1.54, 1.807) is 12.1 Å². The second kappa shape index (κ2) is 8.61. The van der Waals surface area contributed by atoms with Crippen LogP contribution in [0.4, 0.5) is 8.78 Å². The SMILES string of the molecule is CCSc1nnc(C(F)F)n1/N=C\c1ccc(COc2ccccc2)o1. The first-order valence-corrected chi connectivity index (χ1v) is 8.83. The van der Waals surface area contributed by atoms with Crippen molar-refractivity contribution in [3.63, 3.8) is 0 Å². The molecule has 3 aromatic rings. The van der Waals surface area contributed by atoms with Gasteiger partial charge in [-0.05, 0) is 30.0 Å². The molecule has 0 fully saturated rings. The molecule has 0 bridgehead atoms. The van der Waals surface area contributed by atoms with Crippen LogP contribution in [-0.2, 0) is 6.61 Å². The Bertz CT molecular complexity index is 865. The molecule has 6 nitrogen and oxygen atoms in total. The largest absolute Gasteiger partial charge is 0.486 e. The summed E-state index contributed by atoms with van der Waals surface area (Å²) in [6, 6.07) is 12.8. The molecular weight excluding hydrogens is 362 g/mol. The molecule has 1 aromatic carbocycles. The van der Waals surface area contributed by atoms with E-state index in [0.717, 1.165) is 10.4 Å². The van der Waals surface area contributed by atoms with Crippen LogP contribution >= 0.6 is 11.8 Å². The van der Waals surface area contributed by atoms with Crippen LogP contribution in [0.3, 0.4) is 0 Å². The Morgan fingerprint density at radius 1 is 1.23 bits per heavy atom. The van der Waals surface area contributed by atoms with Crippen LogP contribution < -0.4 is 4.74 Å². The van der Waals surface area contributed by atoms with Gasteiger partial charge in [-0.25, -0.2) is 8.78 Å². The Balaban J connectivity index is 1.70. The highest BCUT2D eigenvalue weighted by Gasteiger charge is 2.19. The topological polar surface area (TPSA) is 65.4 Å². The summed E-state index contributed by atoms with van der Waals surface area (Å²) < 4.78 is 38.3. The Kier molecular flexibility index (Phi) is 6.00. The molecule has 0 radical (unpaired) electrons. The average molecular weight is 378 g/mol. The Labute approximate surface area is 152 Å². The number of thioether (sulfide) groups is 1. The van der Waals surface area contributed by atoms with Crippen LogP contribution in [0.2, 0.25) is 0 Å². The van der Waals surface area contributed by atoms with Crippen molar-refractivity contribution in [1.82, 2.24) is 14.9 Å². The van der Waals surface area contributed by atoms with E-state index in [2.05, 4.69) is 15.3 Å². The molecule has 0 aliphatic carbocycles. The zero-order valence-corrected chi connectivity index (χ0v) is 14.7. The van der Waals surface area contributed by atoms with Crippen molar-refractivity contribution >= 4 is 18.0 Å². The van der Waals surface area contributed by atoms with Gasteiger partial charge in [0.15, 0.2) is 0 Å². The lowest BCUT2D eigenvalue weighted by Gasteiger charge is -2.03. The molecule has 0 saturated heterocycles. The first kappa shape index (κ1) is 18.1. The monoisotopic (exact) mass is 378 g/mol. The lowest BCUT2D eigenvalue weighted by molar-refractivity contribution is 0.135. The summed E-state index contributed by atoms with van der Waals surface area (Å²) in [6.45, 7) is 2.14. The van der Waals surface area contributed by atoms with E-state index < -0.39 is 12.2 Å². The minimum absolute atomic E-state index is 0.254. The molecule has 2 heterocycles. The van der Waals surface area contributed by atoms with E-state index in [1.165, 1.54) is 18.0 Å². The number of halogens is 2. The number of benzene rings is 1. The Morgan fingerprint density at radius 3 is 2.77 bits per heavy atom.